The second-order valence-electron chi connectivity index (χ2n) is 5.39. The van der Waals surface area contributed by atoms with Crippen LogP contribution in [-0.4, -0.2) is 28.9 Å². The minimum absolute atomic E-state index is 0.271. The van der Waals surface area contributed by atoms with Gasteiger partial charge < -0.3 is 9.88 Å². The topological polar surface area (TPSA) is 36.1 Å². The second-order valence-corrected chi connectivity index (χ2v) is 5.39. The summed E-state index contributed by atoms with van der Waals surface area (Å²) in [5.74, 6) is 0.271. The Bertz CT molecular complexity index is 594. The molecule has 1 aromatic heterocycles. The minimum Gasteiger partial charge on any atom is -0.358 e. The zero-order valence-electron chi connectivity index (χ0n) is 11.4. The normalized spacial score (nSPS) is 15.9. The number of aromatic amines is 1. The van der Waals surface area contributed by atoms with Crippen LogP contribution in [0.4, 0.5) is 0 Å². The highest BCUT2D eigenvalue weighted by atomic mass is 16.2. The van der Waals surface area contributed by atoms with E-state index < -0.39 is 0 Å². The molecule has 1 amide bonds. The van der Waals surface area contributed by atoms with Gasteiger partial charge in [-0.1, -0.05) is 18.2 Å². The summed E-state index contributed by atoms with van der Waals surface area (Å²) in [6, 6.07) is 8.22. The fourth-order valence-electron chi connectivity index (χ4n) is 2.97. The number of amides is 1. The molecule has 1 aromatic carbocycles. The third-order valence-corrected chi connectivity index (χ3v) is 4.06. The van der Waals surface area contributed by atoms with Crippen LogP contribution in [-0.2, 0) is 11.2 Å². The molecule has 0 radical (unpaired) electrons. The molecular weight excluding hydrogens is 236 g/mol. The summed E-state index contributed by atoms with van der Waals surface area (Å²) in [6.45, 7) is 3.92. The van der Waals surface area contributed by atoms with Crippen molar-refractivity contribution in [3.63, 3.8) is 0 Å². The van der Waals surface area contributed by atoms with E-state index in [0.717, 1.165) is 42.7 Å². The lowest BCUT2D eigenvalue weighted by Crippen LogP contribution is -2.36. The number of fused-ring (bicyclic) bond motifs is 1. The number of aryl methyl sites for hydroxylation is 1. The Labute approximate surface area is 113 Å². The Hall–Kier alpha value is -1.77. The summed E-state index contributed by atoms with van der Waals surface area (Å²) < 4.78 is 0. The molecule has 1 N–H and O–H groups in total. The maximum Gasteiger partial charge on any atom is 0.227 e. The minimum atomic E-state index is 0.271. The van der Waals surface area contributed by atoms with Crippen molar-refractivity contribution < 1.29 is 4.79 Å². The number of likely N-dealkylation sites (tertiary alicyclic amines) is 1. The first-order valence-corrected chi connectivity index (χ1v) is 7.09. The first-order valence-electron chi connectivity index (χ1n) is 7.09. The molecule has 1 saturated heterocycles. The average molecular weight is 256 g/mol. The molecule has 0 aliphatic carbocycles. The Balaban J connectivity index is 1.84. The Morgan fingerprint density at radius 2 is 1.95 bits per heavy atom. The molecule has 2 heterocycles. The van der Waals surface area contributed by atoms with Crippen LogP contribution in [0.3, 0.4) is 0 Å². The van der Waals surface area contributed by atoms with Gasteiger partial charge in [-0.25, -0.2) is 0 Å². The molecule has 0 atom stereocenters. The van der Waals surface area contributed by atoms with Gasteiger partial charge in [-0.3, -0.25) is 4.79 Å². The first kappa shape index (κ1) is 12.3. The fourth-order valence-corrected chi connectivity index (χ4v) is 2.97. The SMILES string of the molecule is Cc1[nH]c2ccccc2c1CC(=O)N1CCCCC1. The van der Waals surface area contributed by atoms with Gasteiger partial charge in [-0.2, -0.15) is 0 Å². The van der Waals surface area contributed by atoms with Crippen molar-refractivity contribution in [2.24, 2.45) is 0 Å². The van der Waals surface area contributed by atoms with Crippen molar-refractivity contribution in [2.75, 3.05) is 13.1 Å². The molecule has 0 spiro atoms. The zero-order valence-corrected chi connectivity index (χ0v) is 11.4. The summed E-state index contributed by atoms with van der Waals surface area (Å²) in [7, 11) is 0. The maximum atomic E-state index is 12.4. The molecular formula is C16H20N2O. The predicted octanol–water partition coefficient (Wildman–Crippen LogP) is 3.03. The molecule has 3 nitrogen and oxygen atoms in total. The summed E-state index contributed by atoms with van der Waals surface area (Å²) in [6.07, 6.45) is 4.09. The van der Waals surface area contributed by atoms with Crippen molar-refractivity contribution in [2.45, 2.75) is 32.6 Å². The van der Waals surface area contributed by atoms with Gasteiger partial charge in [0.2, 0.25) is 5.91 Å². The molecule has 0 bridgehead atoms. The third kappa shape index (κ3) is 2.37. The van der Waals surface area contributed by atoms with Crippen molar-refractivity contribution in [1.29, 1.82) is 0 Å². The number of carbonyl (C=O) groups excluding carboxylic acids is 1. The van der Waals surface area contributed by atoms with Crippen LogP contribution in [0, 0.1) is 6.92 Å². The molecule has 19 heavy (non-hydrogen) atoms. The van der Waals surface area contributed by atoms with Crippen molar-refractivity contribution >= 4 is 16.8 Å². The number of carbonyl (C=O) groups is 1. The van der Waals surface area contributed by atoms with Crippen LogP contribution in [0.5, 0.6) is 0 Å². The number of benzene rings is 1. The molecule has 0 saturated carbocycles. The van der Waals surface area contributed by atoms with Crippen molar-refractivity contribution in [3.05, 3.63) is 35.5 Å². The van der Waals surface area contributed by atoms with Crippen molar-refractivity contribution in [1.82, 2.24) is 9.88 Å². The highest BCUT2D eigenvalue weighted by Crippen LogP contribution is 2.23. The molecule has 100 valence electrons. The van der Waals surface area contributed by atoms with Gasteiger partial charge in [0.15, 0.2) is 0 Å². The average Bonchev–Trinajstić information content (AvgIpc) is 2.76. The molecule has 0 unspecified atom stereocenters. The lowest BCUT2D eigenvalue weighted by molar-refractivity contribution is -0.131. The van der Waals surface area contributed by atoms with Crippen LogP contribution in [0.1, 0.15) is 30.5 Å². The van der Waals surface area contributed by atoms with E-state index >= 15 is 0 Å². The van der Waals surface area contributed by atoms with Gasteiger partial charge in [-0.15, -0.1) is 0 Å². The Kier molecular flexibility index (Phi) is 3.28. The standard InChI is InChI=1S/C16H20N2O/c1-12-14(13-7-3-4-8-15(13)17-12)11-16(19)18-9-5-2-6-10-18/h3-4,7-8,17H,2,5-6,9-11H2,1H3. The zero-order chi connectivity index (χ0) is 13.2. The van der Waals surface area contributed by atoms with Crippen LogP contribution < -0.4 is 0 Å². The number of piperidine rings is 1. The van der Waals surface area contributed by atoms with Gasteiger partial charge in [-0.05, 0) is 37.8 Å². The van der Waals surface area contributed by atoms with Gasteiger partial charge in [0.1, 0.15) is 0 Å². The summed E-state index contributed by atoms with van der Waals surface area (Å²) in [4.78, 5) is 17.8. The summed E-state index contributed by atoms with van der Waals surface area (Å²) in [5.41, 5.74) is 3.40. The molecule has 2 aromatic rings. The number of nitrogens with one attached hydrogen (secondary N) is 1. The van der Waals surface area contributed by atoms with E-state index in [4.69, 9.17) is 0 Å². The van der Waals surface area contributed by atoms with Gasteiger partial charge in [0, 0.05) is 29.7 Å². The number of hydrogen-bond acceptors (Lipinski definition) is 1. The second kappa shape index (κ2) is 5.08. The van der Waals surface area contributed by atoms with Crippen LogP contribution in [0.25, 0.3) is 10.9 Å². The lowest BCUT2D eigenvalue weighted by Gasteiger charge is -2.26. The van der Waals surface area contributed by atoms with Crippen LogP contribution >= 0.6 is 0 Å². The Morgan fingerprint density at radius 3 is 2.74 bits per heavy atom. The molecule has 3 heteroatoms. The number of rotatable bonds is 2. The first-order chi connectivity index (χ1) is 9.25. The number of aromatic nitrogens is 1. The van der Waals surface area contributed by atoms with Gasteiger partial charge in [0.25, 0.3) is 0 Å². The summed E-state index contributed by atoms with van der Waals surface area (Å²) >= 11 is 0. The van der Waals surface area contributed by atoms with E-state index in [0.29, 0.717) is 6.42 Å². The fraction of sp³-hybridized carbons (Fsp3) is 0.438. The monoisotopic (exact) mass is 256 g/mol. The van der Waals surface area contributed by atoms with Crippen LogP contribution in [0.2, 0.25) is 0 Å². The maximum absolute atomic E-state index is 12.4. The molecule has 1 aliphatic rings. The summed E-state index contributed by atoms with van der Waals surface area (Å²) in [5, 5.41) is 1.19. The number of hydrogen-bond donors (Lipinski definition) is 1. The molecule has 1 aliphatic heterocycles. The van der Waals surface area contributed by atoms with E-state index in [9.17, 15) is 4.79 Å². The smallest absolute Gasteiger partial charge is 0.227 e. The predicted molar refractivity (Wildman–Crippen MR) is 77.2 cm³/mol. The van der Waals surface area contributed by atoms with E-state index in [1.807, 2.05) is 17.0 Å². The van der Waals surface area contributed by atoms with E-state index in [1.165, 1.54) is 11.8 Å². The highest BCUT2D eigenvalue weighted by Gasteiger charge is 2.19. The largest absolute Gasteiger partial charge is 0.358 e. The van der Waals surface area contributed by atoms with E-state index in [1.54, 1.807) is 0 Å². The number of para-hydroxylation sites is 1. The van der Waals surface area contributed by atoms with Gasteiger partial charge >= 0.3 is 0 Å². The van der Waals surface area contributed by atoms with E-state index in [-0.39, 0.29) is 5.91 Å². The van der Waals surface area contributed by atoms with E-state index in [2.05, 4.69) is 24.0 Å². The Morgan fingerprint density at radius 1 is 1.21 bits per heavy atom. The third-order valence-electron chi connectivity index (χ3n) is 4.06. The van der Waals surface area contributed by atoms with Crippen molar-refractivity contribution in [3.8, 4) is 0 Å². The quantitative estimate of drug-likeness (QED) is 0.881. The molecule has 1 fully saturated rings. The van der Waals surface area contributed by atoms with Crippen LogP contribution in [0.15, 0.2) is 24.3 Å². The highest BCUT2D eigenvalue weighted by molar-refractivity contribution is 5.90. The number of H-pyrrole nitrogens is 1. The van der Waals surface area contributed by atoms with Gasteiger partial charge in [0.05, 0.1) is 6.42 Å². The lowest BCUT2D eigenvalue weighted by atomic mass is 10.1. The molecule has 3 rings (SSSR count). The number of nitrogens with zero attached hydrogens (tertiary/aromatic N) is 1.